The molecule has 0 saturated carbocycles. The molecule has 2 heterocycles. The summed E-state index contributed by atoms with van der Waals surface area (Å²) in [6, 6.07) is 16.4. The van der Waals surface area contributed by atoms with E-state index in [9.17, 15) is 0 Å². The highest BCUT2D eigenvalue weighted by Gasteiger charge is 2.45. The summed E-state index contributed by atoms with van der Waals surface area (Å²) in [5.74, 6) is 0. The molecule has 2 aliphatic rings. The number of fused-ring (bicyclic) bond motifs is 1. The van der Waals surface area contributed by atoms with Crippen LogP contribution in [0.5, 0.6) is 0 Å². The minimum Gasteiger partial charge on any atom is -0.353 e. The lowest BCUT2D eigenvalue weighted by Gasteiger charge is -2.25. The van der Waals surface area contributed by atoms with Crippen molar-refractivity contribution in [2.24, 2.45) is 0 Å². The Balaban J connectivity index is 1.72. The predicted molar refractivity (Wildman–Crippen MR) is 89.2 cm³/mol. The molecule has 2 fully saturated rings. The average Bonchev–Trinajstić information content (AvgIpc) is 3.10. The van der Waals surface area contributed by atoms with Gasteiger partial charge in [-0.2, -0.15) is 0 Å². The summed E-state index contributed by atoms with van der Waals surface area (Å²) >= 11 is 12.1. The molecule has 0 radical (unpaired) electrons. The van der Waals surface area contributed by atoms with Crippen LogP contribution in [-0.4, -0.2) is 17.7 Å². The van der Waals surface area contributed by atoms with Crippen molar-refractivity contribution in [1.29, 1.82) is 0 Å². The lowest BCUT2D eigenvalue weighted by molar-refractivity contribution is 0.0174. The molecule has 0 aromatic heterocycles. The number of hydrogen-bond donors (Lipinski definition) is 0. The van der Waals surface area contributed by atoms with Gasteiger partial charge in [-0.15, -0.1) is 0 Å². The van der Waals surface area contributed by atoms with Crippen molar-refractivity contribution in [3.8, 4) is 0 Å². The molecule has 1 unspecified atom stereocenters. The van der Waals surface area contributed by atoms with Gasteiger partial charge in [0.05, 0.1) is 6.04 Å². The fourth-order valence-electron chi connectivity index (χ4n) is 3.58. The quantitative estimate of drug-likeness (QED) is 0.746. The van der Waals surface area contributed by atoms with E-state index in [1.165, 1.54) is 17.5 Å². The van der Waals surface area contributed by atoms with Crippen LogP contribution in [0.4, 0.5) is 0 Å². The van der Waals surface area contributed by atoms with Crippen molar-refractivity contribution in [3.63, 3.8) is 0 Å². The van der Waals surface area contributed by atoms with Crippen molar-refractivity contribution in [2.75, 3.05) is 6.54 Å². The van der Waals surface area contributed by atoms with Gasteiger partial charge in [0.25, 0.3) is 0 Å². The van der Waals surface area contributed by atoms with Crippen LogP contribution in [0.2, 0.25) is 10.0 Å². The molecule has 2 nitrogen and oxygen atoms in total. The Labute approximate surface area is 140 Å². The van der Waals surface area contributed by atoms with E-state index in [-0.39, 0.29) is 18.4 Å². The Kier molecular flexibility index (Phi) is 3.87. The Morgan fingerprint density at radius 3 is 2.09 bits per heavy atom. The van der Waals surface area contributed by atoms with Crippen molar-refractivity contribution in [2.45, 2.75) is 31.2 Å². The maximum atomic E-state index is 6.36. The summed E-state index contributed by atoms with van der Waals surface area (Å²) in [6.45, 7) is 1.09. The van der Waals surface area contributed by atoms with E-state index in [4.69, 9.17) is 27.9 Å². The van der Waals surface area contributed by atoms with E-state index in [1.807, 2.05) is 24.3 Å². The van der Waals surface area contributed by atoms with Gasteiger partial charge in [-0.1, -0.05) is 47.5 Å². The van der Waals surface area contributed by atoms with E-state index in [2.05, 4.69) is 29.2 Å². The second-order valence-electron chi connectivity index (χ2n) is 5.94. The first kappa shape index (κ1) is 14.5. The molecule has 0 N–H and O–H groups in total. The Morgan fingerprint density at radius 2 is 1.45 bits per heavy atom. The van der Waals surface area contributed by atoms with Gasteiger partial charge in [-0.25, -0.2) is 0 Å². The van der Waals surface area contributed by atoms with Gasteiger partial charge in [0.2, 0.25) is 0 Å². The highest BCUT2D eigenvalue weighted by Crippen LogP contribution is 2.48. The van der Waals surface area contributed by atoms with Gasteiger partial charge >= 0.3 is 0 Å². The minimum atomic E-state index is 0.0451. The van der Waals surface area contributed by atoms with Crippen molar-refractivity contribution in [3.05, 3.63) is 69.7 Å². The Morgan fingerprint density at radius 1 is 0.864 bits per heavy atom. The summed E-state index contributed by atoms with van der Waals surface area (Å²) in [6.07, 6.45) is 2.57. The zero-order valence-electron chi connectivity index (χ0n) is 12.1. The summed E-state index contributed by atoms with van der Waals surface area (Å²) < 4.78 is 6.36. The van der Waals surface area contributed by atoms with Gasteiger partial charge in [0.15, 0.2) is 0 Å². The molecular formula is C18H17Cl2NO. The molecule has 0 amide bonds. The average molecular weight is 334 g/mol. The van der Waals surface area contributed by atoms with Gasteiger partial charge in [-0.3, -0.25) is 4.90 Å². The molecule has 2 aromatic rings. The number of nitrogens with zero attached hydrogens (tertiary/aromatic N) is 1. The molecule has 2 aromatic carbocycles. The molecule has 114 valence electrons. The van der Waals surface area contributed by atoms with Gasteiger partial charge in [-0.05, 0) is 48.2 Å². The van der Waals surface area contributed by atoms with Crippen LogP contribution in [0.25, 0.3) is 0 Å². The molecule has 0 aliphatic carbocycles. The first-order valence-corrected chi connectivity index (χ1v) is 8.40. The van der Waals surface area contributed by atoms with E-state index in [1.54, 1.807) is 0 Å². The van der Waals surface area contributed by atoms with Crippen LogP contribution in [-0.2, 0) is 4.74 Å². The number of halogens is 2. The van der Waals surface area contributed by atoms with E-state index in [0.717, 1.165) is 23.0 Å². The molecular weight excluding hydrogens is 317 g/mol. The lowest BCUT2D eigenvalue weighted by atomic mass is 9.95. The molecule has 3 atom stereocenters. The first-order valence-electron chi connectivity index (χ1n) is 7.64. The van der Waals surface area contributed by atoms with E-state index >= 15 is 0 Å². The fourth-order valence-corrected chi connectivity index (χ4v) is 3.83. The highest BCUT2D eigenvalue weighted by atomic mass is 35.5. The Bertz CT molecular complexity index is 656. The van der Waals surface area contributed by atoms with Crippen molar-refractivity contribution >= 4 is 23.2 Å². The van der Waals surface area contributed by atoms with Crippen LogP contribution in [0.1, 0.15) is 36.1 Å². The van der Waals surface area contributed by atoms with Crippen molar-refractivity contribution in [1.82, 2.24) is 4.90 Å². The molecule has 0 bridgehead atoms. The third-order valence-electron chi connectivity index (χ3n) is 4.60. The number of benzene rings is 2. The maximum absolute atomic E-state index is 6.36. The monoisotopic (exact) mass is 333 g/mol. The normalized spacial score (nSPS) is 28.0. The summed E-state index contributed by atoms with van der Waals surface area (Å²) in [5, 5.41) is 1.52. The smallest absolute Gasteiger partial charge is 0.112 e. The van der Waals surface area contributed by atoms with Crippen molar-refractivity contribution < 1.29 is 4.74 Å². The van der Waals surface area contributed by atoms with Gasteiger partial charge < -0.3 is 4.74 Å². The zero-order valence-corrected chi connectivity index (χ0v) is 13.6. The molecule has 2 saturated heterocycles. The van der Waals surface area contributed by atoms with E-state index in [0.29, 0.717) is 0 Å². The lowest BCUT2D eigenvalue weighted by Crippen LogP contribution is -2.26. The number of rotatable bonds is 2. The Hall–Kier alpha value is -1.06. The third-order valence-corrected chi connectivity index (χ3v) is 5.10. The predicted octanol–water partition coefficient (Wildman–Crippen LogP) is 5.23. The number of hydrogen-bond acceptors (Lipinski definition) is 2. The molecule has 4 heteroatoms. The largest absolute Gasteiger partial charge is 0.353 e. The summed E-state index contributed by atoms with van der Waals surface area (Å²) in [7, 11) is 0. The summed E-state index contributed by atoms with van der Waals surface area (Å²) in [4.78, 5) is 2.47. The standard InChI is InChI=1S/C18H17Cl2NO/c19-14-7-3-12(4-8-14)17-18(13-5-9-15(20)10-6-13)22-16-2-1-11-21(16)17/h3-10,16-18H,1-2,11H2/t16?,17-,18-/m1/s1. The molecule has 4 rings (SSSR count). The maximum Gasteiger partial charge on any atom is 0.112 e. The first-order chi connectivity index (χ1) is 10.7. The van der Waals surface area contributed by atoms with Gasteiger partial charge in [0, 0.05) is 16.6 Å². The zero-order chi connectivity index (χ0) is 15.1. The third kappa shape index (κ3) is 2.55. The second-order valence-corrected chi connectivity index (χ2v) is 6.81. The molecule has 0 spiro atoms. The van der Waals surface area contributed by atoms with Crippen LogP contribution in [0.15, 0.2) is 48.5 Å². The minimum absolute atomic E-state index is 0.0451. The van der Waals surface area contributed by atoms with Crippen LogP contribution >= 0.6 is 23.2 Å². The van der Waals surface area contributed by atoms with E-state index < -0.39 is 0 Å². The summed E-state index contributed by atoms with van der Waals surface area (Å²) in [5.41, 5.74) is 2.44. The molecule has 2 aliphatic heterocycles. The SMILES string of the molecule is Clc1ccc([C@H]2OC3CCCN3[C@@H]2c2ccc(Cl)cc2)cc1. The van der Waals surface area contributed by atoms with Gasteiger partial charge in [0.1, 0.15) is 12.3 Å². The van der Waals surface area contributed by atoms with Crippen LogP contribution in [0, 0.1) is 0 Å². The topological polar surface area (TPSA) is 12.5 Å². The second kappa shape index (κ2) is 5.86. The molecule has 22 heavy (non-hydrogen) atoms. The number of ether oxygens (including phenoxy) is 1. The van der Waals surface area contributed by atoms with Crippen LogP contribution < -0.4 is 0 Å². The highest BCUT2D eigenvalue weighted by molar-refractivity contribution is 6.30. The van der Waals surface area contributed by atoms with Crippen LogP contribution in [0.3, 0.4) is 0 Å². The fraction of sp³-hybridized carbons (Fsp3) is 0.333.